The highest BCUT2D eigenvalue weighted by atomic mass is 31.2. The highest BCUT2D eigenvalue weighted by Crippen LogP contribution is 2.39. The second kappa shape index (κ2) is 16.6. The average Bonchev–Trinajstić information content (AvgIpc) is 2.55. The third kappa shape index (κ3) is 22.1. The van der Waals surface area contributed by atoms with Crippen molar-refractivity contribution in [2.45, 2.75) is 103 Å². The summed E-state index contributed by atoms with van der Waals surface area (Å²) in [4.78, 5) is 18.2. The Morgan fingerprint density at radius 1 is 0.821 bits per heavy atom. The van der Waals surface area contributed by atoms with Crippen LogP contribution >= 0.6 is 7.82 Å². The summed E-state index contributed by atoms with van der Waals surface area (Å²) < 4.78 is 16.8. The molecule has 0 aromatic rings. The smallest absolute Gasteiger partial charge is 0.329 e. The van der Waals surface area contributed by atoms with Gasteiger partial charge in [0.15, 0.2) is 0 Å². The standard InChI is InChI=1S/C22H46NO4P/c1-5-6-7-8-9-10-11-12-13-14-15-16-17-18-19-20-22(21-23(2,3)4)27-28(24,25)26/h10-11,22H,5-9,12-21H2,1-4H3,(H-,24,25,26)/p+1/b11-10-. The summed E-state index contributed by atoms with van der Waals surface area (Å²) in [6, 6.07) is 0. The summed E-state index contributed by atoms with van der Waals surface area (Å²) in [6.45, 7) is 2.86. The molecule has 28 heavy (non-hydrogen) atoms. The first kappa shape index (κ1) is 27.8. The van der Waals surface area contributed by atoms with Gasteiger partial charge < -0.3 is 14.3 Å². The Balaban J connectivity index is 3.62. The lowest BCUT2D eigenvalue weighted by atomic mass is 10.0. The number of quaternary nitrogens is 1. The van der Waals surface area contributed by atoms with E-state index in [1.165, 1.54) is 70.6 Å². The minimum Gasteiger partial charge on any atom is -0.329 e. The molecule has 0 bridgehead atoms. The van der Waals surface area contributed by atoms with E-state index in [4.69, 9.17) is 14.3 Å². The Bertz CT molecular complexity index is 429. The number of rotatable bonds is 19. The zero-order chi connectivity index (χ0) is 21.3. The van der Waals surface area contributed by atoms with Crippen molar-refractivity contribution in [3.8, 4) is 0 Å². The predicted molar refractivity (Wildman–Crippen MR) is 119 cm³/mol. The predicted octanol–water partition coefficient (Wildman–Crippen LogP) is 6.21. The van der Waals surface area contributed by atoms with E-state index in [9.17, 15) is 4.57 Å². The first-order valence-corrected chi connectivity index (χ1v) is 12.9. The summed E-state index contributed by atoms with van der Waals surface area (Å²) in [5.41, 5.74) is 0. The molecule has 0 saturated carbocycles. The van der Waals surface area contributed by atoms with E-state index in [2.05, 4.69) is 19.1 Å². The number of likely N-dealkylation sites (N-methyl/N-ethyl adjacent to an activating group) is 1. The molecule has 0 aromatic heterocycles. The van der Waals surface area contributed by atoms with Crippen molar-refractivity contribution in [1.29, 1.82) is 0 Å². The van der Waals surface area contributed by atoms with Gasteiger partial charge in [-0.1, -0.05) is 76.9 Å². The maximum absolute atomic E-state index is 11.1. The third-order valence-electron chi connectivity index (χ3n) is 4.83. The Labute approximate surface area is 174 Å². The van der Waals surface area contributed by atoms with Crippen LogP contribution in [0, 0.1) is 0 Å². The first-order valence-electron chi connectivity index (χ1n) is 11.3. The highest BCUT2D eigenvalue weighted by molar-refractivity contribution is 7.46. The van der Waals surface area contributed by atoms with Crippen molar-refractivity contribution in [3.05, 3.63) is 12.2 Å². The zero-order valence-electron chi connectivity index (χ0n) is 18.9. The SMILES string of the molecule is CCCCCC/C=C\CCCCCCCCCC(C[N+](C)(C)C)OP(=O)(O)O. The van der Waals surface area contributed by atoms with Gasteiger partial charge in [-0.05, 0) is 32.1 Å². The Hall–Kier alpha value is -0.190. The molecule has 5 nitrogen and oxygen atoms in total. The molecule has 1 atom stereocenters. The van der Waals surface area contributed by atoms with Crippen molar-refractivity contribution < 1.29 is 23.4 Å². The van der Waals surface area contributed by atoms with E-state index >= 15 is 0 Å². The van der Waals surface area contributed by atoms with Crippen molar-refractivity contribution >= 4 is 7.82 Å². The van der Waals surface area contributed by atoms with Gasteiger partial charge in [-0.25, -0.2) is 4.57 Å². The van der Waals surface area contributed by atoms with Crippen LogP contribution in [0.3, 0.4) is 0 Å². The normalized spacial score (nSPS) is 14.1. The highest BCUT2D eigenvalue weighted by Gasteiger charge is 2.26. The summed E-state index contributed by atoms with van der Waals surface area (Å²) >= 11 is 0. The Kier molecular flexibility index (Phi) is 16.5. The van der Waals surface area contributed by atoms with Gasteiger partial charge in [-0.2, -0.15) is 0 Å². The third-order valence-corrected chi connectivity index (χ3v) is 5.40. The second-order valence-corrected chi connectivity index (χ2v) is 10.3. The fraction of sp³-hybridized carbons (Fsp3) is 0.909. The monoisotopic (exact) mass is 420 g/mol. The number of unbranched alkanes of at least 4 members (excludes halogenated alkanes) is 11. The van der Waals surface area contributed by atoms with E-state index in [1.807, 2.05) is 21.1 Å². The average molecular weight is 421 g/mol. The molecule has 0 aliphatic carbocycles. The molecule has 0 rings (SSSR count). The van der Waals surface area contributed by atoms with E-state index in [-0.39, 0.29) is 6.10 Å². The maximum Gasteiger partial charge on any atom is 0.470 e. The fourth-order valence-corrected chi connectivity index (χ4v) is 3.99. The van der Waals surface area contributed by atoms with Crippen molar-refractivity contribution in [2.24, 2.45) is 0 Å². The lowest BCUT2D eigenvalue weighted by Crippen LogP contribution is -2.42. The molecule has 6 heteroatoms. The van der Waals surface area contributed by atoms with Gasteiger partial charge in [0.2, 0.25) is 0 Å². The van der Waals surface area contributed by atoms with Gasteiger partial charge >= 0.3 is 7.82 Å². The second-order valence-electron chi connectivity index (χ2n) is 9.06. The van der Waals surface area contributed by atoms with E-state index < -0.39 is 7.82 Å². The molecule has 2 N–H and O–H groups in total. The van der Waals surface area contributed by atoms with Crippen molar-refractivity contribution in [1.82, 2.24) is 0 Å². The van der Waals surface area contributed by atoms with Crippen LogP contribution in [0.2, 0.25) is 0 Å². The number of nitrogens with zero attached hydrogens (tertiary/aromatic N) is 1. The van der Waals surface area contributed by atoms with Gasteiger partial charge in [-0.15, -0.1) is 0 Å². The van der Waals surface area contributed by atoms with Gasteiger partial charge in [0.1, 0.15) is 12.6 Å². The van der Waals surface area contributed by atoms with Crippen LogP contribution in [0.15, 0.2) is 12.2 Å². The molecule has 0 saturated heterocycles. The molecule has 0 aromatic carbocycles. The lowest BCUT2D eigenvalue weighted by molar-refractivity contribution is -0.873. The Morgan fingerprint density at radius 2 is 1.29 bits per heavy atom. The summed E-state index contributed by atoms with van der Waals surface area (Å²) in [5.74, 6) is 0. The van der Waals surface area contributed by atoms with Crippen molar-refractivity contribution in [3.63, 3.8) is 0 Å². The zero-order valence-corrected chi connectivity index (χ0v) is 19.8. The summed E-state index contributed by atoms with van der Waals surface area (Å²) in [5, 5.41) is 0. The van der Waals surface area contributed by atoms with Crippen LogP contribution < -0.4 is 0 Å². The molecular formula is C22H47NO4P+. The number of hydrogen-bond donors (Lipinski definition) is 2. The van der Waals surface area contributed by atoms with Crippen LogP contribution in [0.1, 0.15) is 96.8 Å². The molecule has 0 aliphatic rings. The van der Waals surface area contributed by atoms with Gasteiger partial charge in [0, 0.05) is 0 Å². The van der Waals surface area contributed by atoms with E-state index in [0.717, 1.165) is 12.8 Å². The minimum atomic E-state index is -4.41. The lowest BCUT2D eigenvalue weighted by Gasteiger charge is -2.29. The van der Waals surface area contributed by atoms with Gasteiger partial charge in [0.05, 0.1) is 21.1 Å². The summed E-state index contributed by atoms with van der Waals surface area (Å²) in [7, 11) is 1.62. The largest absolute Gasteiger partial charge is 0.470 e. The molecule has 0 spiro atoms. The first-order chi connectivity index (χ1) is 13.1. The molecule has 168 valence electrons. The van der Waals surface area contributed by atoms with Crippen LogP contribution in [0.4, 0.5) is 0 Å². The van der Waals surface area contributed by atoms with Gasteiger partial charge in [0.25, 0.3) is 0 Å². The number of allylic oxidation sites excluding steroid dienone is 2. The molecule has 0 fully saturated rings. The minimum absolute atomic E-state index is 0.380. The summed E-state index contributed by atoms with van der Waals surface area (Å²) in [6.07, 6.45) is 21.2. The fourth-order valence-electron chi connectivity index (χ4n) is 3.43. The van der Waals surface area contributed by atoms with Crippen LogP contribution in [0.25, 0.3) is 0 Å². The van der Waals surface area contributed by atoms with E-state index in [0.29, 0.717) is 17.4 Å². The molecular weight excluding hydrogens is 373 g/mol. The van der Waals surface area contributed by atoms with Gasteiger partial charge in [-0.3, -0.25) is 4.52 Å². The van der Waals surface area contributed by atoms with E-state index in [1.54, 1.807) is 0 Å². The number of hydrogen-bond acceptors (Lipinski definition) is 2. The van der Waals surface area contributed by atoms with Crippen LogP contribution in [-0.4, -0.2) is 48.1 Å². The maximum atomic E-state index is 11.1. The molecule has 1 unspecified atom stereocenters. The molecule has 0 heterocycles. The molecule has 0 amide bonds. The van der Waals surface area contributed by atoms with Crippen LogP contribution in [0.5, 0.6) is 0 Å². The Morgan fingerprint density at radius 3 is 1.75 bits per heavy atom. The molecule has 0 radical (unpaired) electrons. The number of phosphoric acid groups is 1. The molecule has 0 aliphatic heterocycles. The quantitative estimate of drug-likeness (QED) is 0.113. The van der Waals surface area contributed by atoms with Crippen LogP contribution in [-0.2, 0) is 9.09 Å². The number of phosphoric ester groups is 1. The topological polar surface area (TPSA) is 66.8 Å². The van der Waals surface area contributed by atoms with Crippen molar-refractivity contribution in [2.75, 3.05) is 27.7 Å².